The fourth-order valence-corrected chi connectivity index (χ4v) is 5.56. The summed E-state index contributed by atoms with van der Waals surface area (Å²) in [5.74, 6) is 0.453. The van der Waals surface area contributed by atoms with Crippen molar-refractivity contribution < 1.29 is 13.2 Å². The molecule has 10 heteroatoms. The number of halogens is 2. The molecule has 2 aromatic carbocycles. The molecule has 0 saturated heterocycles. The Morgan fingerprint density at radius 3 is 2.45 bits per heavy atom. The lowest BCUT2D eigenvalue weighted by Gasteiger charge is -2.18. The zero-order valence-corrected chi connectivity index (χ0v) is 19.4. The molecule has 0 spiro atoms. The van der Waals surface area contributed by atoms with Crippen molar-refractivity contribution >= 4 is 44.8 Å². The Labute approximate surface area is 192 Å². The van der Waals surface area contributed by atoms with Gasteiger partial charge in [0.15, 0.2) is 9.84 Å². The summed E-state index contributed by atoms with van der Waals surface area (Å²) < 4.78 is 25.0. The molecule has 31 heavy (non-hydrogen) atoms. The van der Waals surface area contributed by atoms with E-state index in [0.717, 1.165) is 30.1 Å². The number of amidine groups is 1. The van der Waals surface area contributed by atoms with E-state index >= 15 is 0 Å². The summed E-state index contributed by atoms with van der Waals surface area (Å²) in [7, 11) is -1.99. The van der Waals surface area contributed by atoms with Gasteiger partial charge in [0.2, 0.25) is 5.91 Å². The van der Waals surface area contributed by atoms with Crippen LogP contribution in [0.15, 0.2) is 52.4 Å². The van der Waals surface area contributed by atoms with E-state index in [9.17, 15) is 13.2 Å². The molecular weight excluding hydrogens is 459 g/mol. The van der Waals surface area contributed by atoms with Crippen molar-refractivity contribution in [2.24, 2.45) is 4.99 Å². The van der Waals surface area contributed by atoms with Crippen molar-refractivity contribution in [3.05, 3.63) is 63.6 Å². The van der Waals surface area contributed by atoms with Crippen LogP contribution in [0.25, 0.3) is 0 Å². The monoisotopic (exact) mass is 482 g/mol. The van der Waals surface area contributed by atoms with Crippen LogP contribution in [0, 0.1) is 0 Å². The lowest BCUT2D eigenvalue weighted by Crippen LogP contribution is -2.31. The molecule has 7 nitrogen and oxygen atoms in total. The van der Waals surface area contributed by atoms with E-state index in [1.54, 1.807) is 18.0 Å². The van der Waals surface area contributed by atoms with E-state index < -0.39 is 9.84 Å². The van der Waals surface area contributed by atoms with E-state index in [0.29, 0.717) is 6.54 Å². The van der Waals surface area contributed by atoms with E-state index in [1.165, 1.54) is 12.1 Å². The molecule has 1 aliphatic heterocycles. The van der Waals surface area contributed by atoms with E-state index in [2.05, 4.69) is 15.6 Å². The Balaban J connectivity index is 1.46. The Morgan fingerprint density at radius 1 is 1.16 bits per heavy atom. The van der Waals surface area contributed by atoms with Crippen molar-refractivity contribution in [2.75, 3.05) is 32.6 Å². The maximum absolute atomic E-state index is 12.5. The Morgan fingerprint density at radius 2 is 1.84 bits per heavy atom. The van der Waals surface area contributed by atoms with Gasteiger partial charge in [-0.25, -0.2) is 8.42 Å². The molecule has 2 N–H and O–H groups in total. The second-order valence-corrected chi connectivity index (χ2v) is 9.90. The summed E-state index contributed by atoms with van der Waals surface area (Å²) in [5, 5.41) is 6.17. The van der Waals surface area contributed by atoms with Gasteiger partial charge in [-0.3, -0.25) is 9.79 Å². The molecule has 1 heterocycles. The topological polar surface area (TPSA) is 90.9 Å². The highest BCUT2D eigenvalue weighted by molar-refractivity contribution is 7.91. The molecule has 0 radical (unpaired) electrons. The van der Waals surface area contributed by atoms with Gasteiger partial charge in [0.05, 0.1) is 16.6 Å². The normalized spacial score (nSPS) is 13.6. The number of carbonyl (C=O) groups is 1. The molecule has 0 saturated carbocycles. The fourth-order valence-electron chi connectivity index (χ4n) is 3.17. The fraction of sp³-hybridized carbons (Fsp3) is 0.333. The summed E-state index contributed by atoms with van der Waals surface area (Å²) in [6, 6.07) is 12.4. The molecule has 0 fully saturated rings. The second kappa shape index (κ2) is 10.5. The van der Waals surface area contributed by atoms with Crippen molar-refractivity contribution in [3.8, 4) is 0 Å². The van der Waals surface area contributed by atoms with Gasteiger partial charge in [-0.15, -0.1) is 0 Å². The summed E-state index contributed by atoms with van der Waals surface area (Å²) in [4.78, 5) is 18.3. The van der Waals surface area contributed by atoms with E-state index in [1.807, 2.05) is 24.3 Å². The molecule has 1 aliphatic rings. The van der Waals surface area contributed by atoms with E-state index in [-0.39, 0.29) is 39.7 Å². The predicted octanol–water partition coefficient (Wildman–Crippen LogP) is 2.71. The SMILES string of the molecule is CN(Cc1ccc(C2=NCCN2)cc1)C(=O)CCNCS(=O)(=O)c1c(Cl)cccc1Cl. The van der Waals surface area contributed by atoms with Crippen LogP contribution >= 0.6 is 23.2 Å². The number of hydrogen-bond acceptors (Lipinski definition) is 6. The molecule has 0 unspecified atom stereocenters. The van der Waals surface area contributed by atoms with Crippen molar-refractivity contribution in [2.45, 2.75) is 17.9 Å². The average molecular weight is 483 g/mol. The third-order valence-electron chi connectivity index (χ3n) is 4.78. The summed E-state index contributed by atoms with van der Waals surface area (Å²) >= 11 is 12.0. The van der Waals surface area contributed by atoms with Gasteiger partial charge in [-0.1, -0.05) is 53.5 Å². The van der Waals surface area contributed by atoms with E-state index in [4.69, 9.17) is 23.2 Å². The standard InChI is InChI=1S/C21H24Cl2N4O3S/c1-27(13-15-5-7-16(8-6-15)21-25-11-12-26-21)19(28)9-10-24-14-31(29,30)20-17(22)3-2-4-18(20)23/h2-8,24H,9-14H2,1H3,(H,25,26). The van der Waals surface area contributed by atoms with Crippen LogP contribution in [0.4, 0.5) is 0 Å². The van der Waals surface area contributed by atoms with Crippen LogP contribution in [0.1, 0.15) is 17.5 Å². The largest absolute Gasteiger partial charge is 0.368 e. The van der Waals surface area contributed by atoms with Gasteiger partial charge in [0.1, 0.15) is 16.6 Å². The number of amides is 1. The predicted molar refractivity (Wildman–Crippen MR) is 123 cm³/mol. The first-order valence-corrected chi connectivity index (χ1v) is 12.2. The molecule has 0 aromatic heterocycles. The van der Waals surface area contributed by atoms with Gasteiger partial charge < -0.3 is 15.5 Å². The first-order chi connectivity index (χ1) is 14.8. The molecular formula is C21H24Cl2N4O3S. The number of sulfone groups is 1. The third kappa shape index (κ3) is 6.20. The second-order valence-electron chi connectivity index (χ2n) is 7.16. The van der Waals surface area contributed by atoms with Crippen LogP contribution in [0.5, 0.6) is 0 Å². The maximum atomic E-state index is 12.5. The van der Waals surface area contributed by atoms with Gasteiger partial charge in [-0.05, 0) is 17.7 Å². The minimum atomic E-state index is -3.71. The zero-order chi connectivity index (χ0) is 22.4. The first kappa shape index (κ1) is 23.5. The van der Waals surface area contributed by atoms with Crippen LogP contribution in [-0.4, -0.2) is 57.6 Å². The Kier molecular flexibility index (Phi) is 7.94. The minimum Gasteiger partial charge on any atom is -0.368 e. The lowest BCUT2D eigenvalue weighted by molar-refractivity contribution is -0.130. The maximum Gasteiger partial charge on any atom is 0.223 e. The van der Waals surface area contributed by atoms with Crippen molar-refractivity contribution in [3.63, 3.8) is 0 Å². The molecule has 2 aromatic rings. The molecule has 166 valence electrons. The number of nitrogens with zero attached hydrogens (tertiary/aromatic N) is 2. The molecule has 0 bridgehead atoms. The van der Waals surface area contributed by atoms with Crippen LogP contribution in [-0.2, 0) is 21.2 Å². The van der Waals surface area contributed by atoms with Gasteiger partial charge in [-0.2, -0.15) is 0 Å². The highest BCUT2D eigenvalue weighted by Gasteiger charge is 2.21. The summed E-state index contributed by atoms with van der Waals surface area (Å²) in [6.07, 6.45) is 0.168. The quantitative estimate of drug-likeness (QED) is 0.536. The lowest BCUT2D eigenvalue weighted by atomic mass is 10.1. The zero-order valence-electron chi connectivity index (χ0n) is 17.1. The number of rotatable bonds is 9. The smallest absolute Gasteiger partial charge is 0.223 e. The van der Waals surface area contributed by atoms with Gasteiger partial charge in [0, 0.05) is 38.7 Å². The summed E-state index contributed by atoms with van der Waals surface area (Å²) in [5.41, 5.74) is 2.03. The van der Waals surface area contributed by atoms with Gasteiger partial charge in [0.25, 0.3) is 0 Å². The number of nitrogens with one attached hydrogen (secondary N) is 2. The van der Waals surface area contributed by atoms with Crippen LogP contribution < -0.4 is 10.6 Å². The number of hydrogen-bond donors (Lipinski definition) is 2. The molecule has 1 amide bonds. The van der Waals surface area contributed by atoms with Crippen LogP contribution in [0.3, 0.4) is 0 Å². The Hall–Kier alpha value is -2.13. The highest BCUT2D eigenvalue weighted by atomic mass is 35.5. The molecule has 0 aliphatic carbocycles. The van der Waals surface area contributed by atoms with Crippen molar-refractivity contribution in [1.82, 2.24) is 15.5 Å². The highest BCUT2D eigenvalue weighted by Crippen LogP contribution is 2.29. The van der Waals surface area contributed by atoms with Crippen LogP contribution in [0.2, 0.25) is 10.0 Å². The van der Waals surface area contributed by atoms with Gasteiger partial charge >= 0.3 is 0 Å². The van der Waals surface area contributed by atoms with Crippen molar-refractivity contribution in [1.29, 1.82) is 0 Å². The third-order valence-corrected chi connectivity index (χ3v) is 7.28. The number of aliphatic imine (C=N–C) groups is 1. The Bertz CT molecular complexity index is 1050. The number of carbonyl (C=O) groups excluding carboxylic acids is 1. The first-order valence-electron chi connectivity index (χ1n) is 9.77. The molecule has 0 atom stereocenters. The average Bonchev–Trinajstić information content (AvgIpc) is 3.26. The number of benzene rings is 2. The minimum absolute atomic E-state index is 0.0758. The molecule has 3 rings (SSSR count). The summed E-state index contributed by atoms with van der Waals surface area (Å²) in [6.45, 7) is 2.33.